The Morgan fingerprint density at radius 3 is 2.31 bits per heavy atom. The maximum Gasteiger partial charge on any atom is 0.256 e. The highest BCUT2D eigenvalue weighted by Crippen LogP contribution is 2.45. The van der Waals surface area contributed by atoms with Crippen LogP contribution in [0.15, 0.2) is 42.5 Å². The Bertz CT molecular complexity index is 1460. The van der Waals surface area contributed by atoms with E-state index in [1.54, 1.807) is 30.3 Å². The van der Waals surface area contributed by atoms with E-state index < -0.39 is 0 Å². The van der Waals surface area contributed by atoms with Crippen molar-refractivity contribution in [1.29, 1.82) is 0 Å². The van der Waals surface area contributed by atoms with Gasteiger partial charge in [0.1, 0.15) is 11.5 Å². The number of carbonyl (C=O) groups is 1. The van der Waals surface area contributed by atoms with Gasteiger partial charge in [-0.1, -0.05) is 23.2 Å². The number of H-pyrrole nitrogens is 1. The van der Waals surface area contributed by atoms with Gasteiger partial charge in [0.15, 0.2) is 11.5 Å². The molecule has 39 heavy (non-hydrogen) atoms. The van der Waals surface area contributed by atoms with Crippen LogP contribution in [0.1, 0.15) is 10.4 Å². The minimum absolute atomic E-state index is 0.173. The van der Waals surface area contributed by atoms with E-state index >= 15 is 0 Å². The van der Waals surface area contributed by atoms with Gasteiger partial charge >= 0.3 is 0 Å². The number of nitrogens with zero attached hydrogens (tertiary/aromatic N) is 4. The van der Waals surface area contributed by atoms with Gasteiger partial charge in [-0.25, -0.2) is 4.98 Å². The van der Waals surface area contributed by atoms with Crippen molar-refractivity contribution in [2.45, 2.75) is 0 Å². The second-order valence-corrected chi connectivity index (χ2v) is 9.76. The minimum Gasteiger partial charge on any atom is -0.495 e. The third-order valence-electron chi connectivity index (χ3n) is 6.77. The number of aliphatic hydroxyl groups is 1. The number of rotatable bonds is 8. The number of amides is 1. The van der Waals surface area contributed by atoms with E-state index in [9.17, 15) is 4.79 Å². The highest BCUT2D eigenvalue weighted by atomic mass is 35.5. The van der Waals surface area contributed by atoms with Crippen molar-refractivity contribution in [1.82, 2.24) is 20.1 Å². The first kappa shape index (κ1) is 27.0. The van der Waals surface area contributed by atoms with Gasteiger partial charge in [-0.15, -0.1) is 0 Å². The van der Waals surface area contributed by atoms with Crippen molar-refractivity contribution in [2.24, 2.45) is 0 Å². The van der Waals surface area contributed by atoms with Crippen LogP contribution in [0.5, 0.6) is 11.5 Å². The standard InChI is InChI=1S/C27H28Cl2N6O4/c1-38-20-15-21(39-2)24(29)22(23(20)28)19-8-7-18-25(30-19)32-33-26(18)31-27(37)16-3-5-17(6-4-16)35-11-9-34(10-12-35)13-14-36/h3-8,15,36H,9-14H2,1-2H3,(H2,30,31,32,33,37). The van der Waals surface area contributed by atoms with E-state index in [1.807, 2.05) is 12.1 Å². The zero-order chi connectivity index (χ0) is 27.5. The van der Waals surface area contributed by atoms with E-state index in [2.05, 4.69) is 30.3 Å². The summed E-state index contributed by atoms with van der Waals surface area (Å²) < 4.78 is 10.7. The lowest BCUT2D eigenvalue weighted by atomic mass is 10.1. The van der Waals surface area contributed by atoms with E-state index in [0.717, 1.165) is 31.9 Å². The highest BCUT2D eigenvalue weighted by Gasteiger charge is 2.21. The summed E-state index contributed by atoms with van der Waals surface area (Å²) in [7, 11) is 3.01. The van der Waals surface area contributed by atoms with Crippen molar-refractivity contribution >= 4 is 51.6 Å². The van der Waals surface area contributed by atoms with Crippen LogP contribution in [0.2, 0.25) is 10.0 Å². The number of carbonyl (C=O) groups excluding carboxylic acids is 1. The van der Waals surface area contributed by atoms with Gasteiger partial charge in [-0.2, -0.15) is 5.10 Å². The second-order valence-electron chi connectivity index (χ2n) is 9.00. The summed E-state index contributed by atoms with van der Waals surface area (Å²) in [5.74, 6) is 0.888. The number of pyridine rings is 1. The average molecular weight is 571 g/mol. The van der Waals surface area contributed by atoms with Crippen LogP contribution in [-0.2, 0) is 0 Å². The Morgan fingerprint density at radius 1 is 1.03 bits per heavy atom. The van der Waals surface area contributed by atoms with Gasteiger partial charge in [0, 0.05) is 55.6 Å². The number of aliphatic hydroxyl groups excluding tert-OH is 1. The molecule has 0 spiro atoms. The lowest BCUT2D eigenvalue weighted by Gasteiger charge is -2.35. The first-order valence-electron chi connectivity index (χ1n) is 12.4. The molecule has 0 atom stereocenters. The van der Waals surface area contributed by atoms with Gasteiger partial charge in [0.05, 0.1) is 42.0 Å². The van der Waals surface area contributed by atoms with Gasteiger partial charge in [-0.3, -0.25) is 14.8 Å². The molecule has 1 aliphatic rings. The Kier molecular flexibility index (Phi) is 8.08. The third kappa shape index (κ3) is 5.46. The maximum atomic E-state index is 13.0. The Balaban J connectivity index is 1.32. The molecule has 2 aromatic heterocycles. The molecule has 1 saturated heterocycles. The summed E-state index contributed by atoms with van der Waals surface area (Å²) in [6.45, 7) is 4.41. The van der Waals surface area contributed by atoms with E-state index in [0.29, 0.717) is 61.8 Å². The van der Waals surface area contributed by atoms with E-state index in [4.69, 9.17) is 37.8 Å². The summed E-state index contributed by atoms with van der Waals surface area (Å²) >= 11 is 13.1. The van der Waals surface area contributed by atoms with Crippen molar-refractivity contribution in [3.8, 4) is 22.8 Å². The average Bonchev–Trinajstić information content (AvgIpc) is 3.36. The van der Waals surface area contributed by atoms with Crippen LogP contribution in [0.25, 0.3) is 22.3 Å². The number of piperazine rings is 1. The first-order chi connectivity index (χ1) is 18.9. The fraction of sp³-hybridized carbons (Fsp3) is 0.296. The number of halogens is 2. The van der Waals surface area contributed by atoms with Crippen LogP contribution in [0.3, 0.4) is 0 Å². The molecule has 0 unspecified atom stereocenters. The zero-order valence-corrected chi connectivity index (χ0v) is 23.0. The Hall–Kier alpha value is -3.57. The van der Waals surface area contributed by atoms with Crippen LogP contribution < -0.4 is 19.7 Å². The van der Waals surface area contributed by atoms with Gasteiger partial charge < -0.3 is 24.8 Å². The lowest BCUT2D eigenvalue weighted by molar-refractivity contribution is 0.102. The van der Waals surface area contributed by atoms with Crippen molar-refractivity contribution in [3.63, 3.8) is 0 Å². The maximum absolute atomic E-state index is 13.0. The predicted molar refractivity (Wildman–Crippen MR) is 153 cm³/mol. The summed E-state index contributed by atoms with van der Waals surface area (Å²) in [4.78, 5) is 22.1. The fourth-order valence-electron chi connectivity index (χ4n) is 4.62. The molecule has 1 fully saturated rings. The summed E-state index contributed by atoms with van der Waals surface area (Å²) in [5.41, 5.74) is 2.98. The lowest BCUT2D eigenvalue weighted by Crippen LogP contribution is -2.47. The number of hydrogen-bond acceptors (Lipinski definition) is 8. The number of nitrogens with one attached hydrogen (secondary N) is 2. The molecule has 4 aromatic rings. The number of anilines is 2. The number of aromatic amines is 1. The fourth-order valence-corrected chi connectivity index (χ4v) is 5.32. The molecule has 3 heterocycles. The minimum atomic E-state index is -0.282. The molecule has 2 aromatic carbocycles. The third-order valence-corrected chi connectivity index (χ3v) is 7.52. The number of fused-ring (bicyclic) bond motifs is 1. The largest absolute Gasteiger partial charge is 0.495 e. The predicted octanol–water partition coefficient (Wildman–Crippen LogP) is 4.32. The number of ether oxygens (including phenoxy) is 2. The number of hydrogen-bond donors (Lipinski definition) is 3. The molecule has 0 radical (unpaired) electrons. The molecule has 0 bridgehead atoms. The van der Waals surface area contributed by atoms with Crippen LogP contribution in [-0.4, -0.2) is 84.6 Å². The molecule has 1 amide bonds. The van der Waals surface area contributed by atoms with Crippen LogP contribution in [0.4, 0.5) is 11.5 Å². The smallest absolute Gasteiger partial charge is 0.256 e. The molecule has 1 aliphatic heterocycles. The quantitative estimate of drug-likeness (QED) is 0.287. The molecule has 5 rings (SSSR count). The number of benzene rings is 2. The molecule has 12 heteroatoms. The first-order valence-corrected chi connectivity index (χ1v) is 13.1. The molecule has 204 valence electrons. The summed E-state index contributed by atoms with van der Waals surface area (Å²) in [5, 5.41) is 20.3. The molecule has 3 N–H and O–H groups in total. The zero-order valence-electron chi connectivity index (χ0n) is 21.5. The van der Waals surface area contributed by atoms with Crippen LogP contribution >= 0.6 is 23.2 Å². The monoisotopic (exact) mass is 570 g/mol. The Labute approximate surface area is 235 Å². The SMILES string of the molecule is COc1cc(OC)c(Cl)c(-c2ccc3c(NC(=O)c4ccc(N5CCN(CCO)CC5)cc4)n[nH]c3n2)c1Cl. The number of methoxy groups -OCH3 is 2. The van der Waals surface area contributed by atoms with E-state index in [-0.39, 0.29) is 12.5 Å². The summed E-state index contributed by atoms with van der Waals surface area (Å²) in [6, 6.07) is 12.6. The molecular formula is C27H28Cl2N6O4. The summed E-state index contributed by atoms with van der Waals surface area (Å²) in [6.07, 6.45) is 0. The molecule has 0 aliphatic carbocycles. The topological polar surface area (TPSA) is 116 Å². The molecule has 10 nitrogen and oxygen atoms in total. The van der Waals surface area contributed by atoms with Crippen molar-refractivity contribution in [3.05, 3.63) is 58.1 Å². The van der Waals surface area contributed by atoms with E-state index in [1.165, 1.54) is 14.2 Å². The highest BCUT2D eigenvalue weighted by molar-refractivity contribution is 6.41. The van der Waals surface area contributed by atoms with Gasteiger partial charge in [0.25, 0.3) is 5.91 Å². The van der Waals surface area contributed by atoms with Gasteiger partial charge in [0.2, 0.25) is 0 Å². The van der Waals surface area contributed by atoms with Crippen molar-refractivity contribution < 1.29 is 19.4 Å². The number of aromatic nitrogens is 3. The number of β-amino-alcohol motifs (C(OH)–C–C–N with tert-alkyl or cyclic N) is 1. The van der Waals surface area contributed by atoms with Crippen LogP contribution in [0, 0.1) is 0 Å². The van der Waals surface area contributed by atoms with Crippen molar-refractivity contribution in [2.75, 3.05) is 63.8 Å². The molecule has 0 saturated carbocycles. The molecular weight excluding hydrogens is 543 g/mol. The Morgan fingerprint density at radius 2 is 1.69 bits per heavy atom. The second kappa shape index (κ2) is 11.7. The normalized spacial score (nSPS) is 14.0. The van der Waals surface area contributed by atoms with Gasteiger partial charge in [-0.05, 0) is 36.4 Å².